The lowest BCUT2D eigenvalue weighted by Crippen LogP contribution is -2.53. The van der Waals surface area contributed by atoms with Gasteiger partial charge in [-0.15, -0.1) is 0 Å². The molecule has 0 spiro atoms. The average Bonchev–Trinajstić information content (AvgIpc) is 2.71. The highest BCUT2D eigenvalue weighted by Crippen LogP contribution is 2.35. The van der Waals surface area contributed by atoms with Gasteiger partial charge >= 0.3 is 5.97 Å². The lowest BCUT2D eigenvalue weighted by atomic mass is 10.0. The molecule has 0 bridgehead atoms. The van der Waals surface area contributed by atoms with Gasteiger partial charge in [-0.1, -0.05) is 6.07 Å². The number of nitrogens with one attached hydrogen (secondary N) is 1. The SMILES string of the molecule is O=C1CCC(N2C(=O)c3cc(C(=O)O)ccc3C2O)C(=O)N1. The molecule has 2 heterocycles. The Balaban J connectivity index is 1.96. The summed E-state index contributed by atoms with van der Waals surface area (Å²) in [4.78, 5) is 47.4. The molecule has 0 aliphatic carbocycles. The van der Waals surface area contributed by atoms with Crippen LogP contribution in [0.2, 0.25) is 0 Å². The number of fused-ring (bicyclic) bond motifs is 1. The standard InChI is InChI=1S/C14H12N2O6/c17-10-4-3-9(11(18)15-10)16-12(19)7-2-1-6(14(21)22)5-8(7)13(16)20/h1-2,5,9,12,19H,3-4H2,(H,21,22)(H,15,17,18). The van der Waals surface area contributed by atoms with E-state index in [-0.39, 0.29) is 29.5 Å². The predicted molar refractivity (Wildman–Crippen MR) is 70.7 cm³/mol. The van der Waals surface area contributed by atoms with Crippen molar-refractivity contribution in [3.63, 3.8) is 0 Å². The molecule has 2 aliphatic heterocycles. The first kappa shape index (κ1) is 14.2. The summed E-state index contributed by atoms with van der Waals surface area (Å²) < 4.78 is 0. The van der Waals surface area contributed by atoms with Crippen molar-refractivity contribution in [2.24, 2.45) is 0 Å². The summed E-state index contributed by atoms with van der Waals surface area (Å²) in [6.45, 7) is 0. The fraction of sp³-hybridized carbons (Fsp3) is 0.286. The number of carbonyl (C=O) groups excluding carboxylic acids is 3. The first-order valence-electron chi connectivity index (χ1n) is 6.62. The van der Waals surface area contributed by atoms with E-state index in [1.54, 1.807) is 0 Å². The Bertz CT molecular complexity index is 713. The number of carbonyl (C=O) groups is 4. The van der Waals surface area contributed by atoms with Gasteiger partial charge in [0.25, 0.3) is 5.91 Å². The second kappa shape index (κ2) is 4.92. The van der Waals surface area contributed by atoms with E-state index < -0.39 is 36.0 Å². The zero-order valence-electron chi connectivity index (χ0n) is 11.3. The Hall–Kier alpha value is -2.74. The number of carboxylic acids is 1. The fourth-order valence-corrected chi connectivity index (χ4v) is 2.76. The molecule has 0 aromatic heterocycles. The number of hydrogen-bond donors (Lipinski definition) is 3. The second-order valence-corrected chi connectivity index (χ2v) is 5.16. The molecule has 1 saturated heterocycles. The van der Waals surface area contributed by atoms with E-state index in [9.17, 15) is 24.3 Å². The van der Waals surface area contributed by atoms with Gasteiger partial charge in [-0.3, -0.25) is 24.6 Å². The summed E-state index contributed by atoms with van der Waals surface area (Å²) in [5.74, 6) is -2.88. The Labute approximate surface area is 124 Å². The van der Waals surface area contributed by atoms with E-state index in [1.807, 2.05) is 0 Å². The number of piperidine rings is 1. The monoisotopic (exact) mass is 304 g/mol. The zero-order valence-corrected chi connectivity index (χ0v) is 11.3. The number of benzene rings is 1. The van der Waals surface area contributed by atoms with Gasteiger partial charge < -0.3 is 10.2 Å². The summed E-state index contributed by atoms with van der Waals surface area (Å²) in [5, 5.41) is 21.4. The van der Waals surface area contributed by atoms with Crippen LogP contribution in [-0.4, -0.2) is 44.8 Å². The highest BCUT2D eigenvalue weighted by molar-refractivity contribution is 6.06. The number of aliphatic hydroxyl groups excluding tert-OH is 1. The molecule has 1 aromatic rings. The number of carboxylic acid groups (broad SMARTS) is 1. The molecule has 22 heavy (non-hydrogen) atoms. The second-order valence-electron chi connectivity index (χ2n) is 5.16. The van der Waals surface area contributed by atoms with Crippen molar-refractivity contribution in [2.75, 3.05) is 0 Å². The Kier molecular flexibility index (Phi) is 3.18. The van der Waals surface area contributed by atoms with Crippen LogP contribution in [0.4, 0.5) is 0 Å². The molecular weight excluding hydrogens is 292 g/mol. The van der Waals surface area contributed by atoms with Gasteiger partial charge in [0.2, 0.25) is 11.8 Å². The van der Waals surface area contributed by atoms with Crippen LogP contribution in [0.1, 0.15) is 45.3 Å². The molecule has 8 heteroatoms. The molecule has 1 fully saturated rings. The summed E-state index contributed by atoms with van der Waals surface area (Å²) in [5.41, 5.74) is 0.223. The molecule has 3 rings (SSSR count). The van der Waals surface area contributed by atoms with E-state index in [2.05, 4.69) is 5.32 Å². The molecule has 2 aliphatic rings. The first-order chi connectivity index (χ1) is 10.4. The van der Waals surface area contributed by atoms with Crippen LogP contribution in [0.15, 0.2) is 18.2 Å². The van der Waals surface area contributed by atoms with Crippen molar-refractivity contribution in [3.05, 3.63) is 34.9 Å². The van der Waals surface area contributed by atoms with E-state index in [0.29, 0.717) is 0 Å². The van der Waals surface area contributed by atoms with Crippen molar-refractivity contribution >= 4 is 23.7 Å². The molecule has 2 unspecified atom stereocenters. The predicted octanol–water partition coefficient (Wildman–Crippen LogP) is -0.363. The maximum absolute atomic E-state index is 12.4. The Morgan fingerprint density at radius 3 is 2.64 bits per heavy atom. The first-order valence-corrected chi connectivity index (χ1v) is 6.62. The van der Waals surface area contributed by atoms with Crippen LogP contribution in [0, 0.1) is 0 Å². The summed E-state index contributed by atoms with van der Waals surface area (Å²) in [7, 11) is 0. The third kappa shape index (κ3) is 2.04. The van der Waals surface area contributed by atoms with Gasteiger partial charge in [-0.25, -0.2) is 4.79 Å². The largest absolute Gasteiger partial charge is 0.478 e. The van der Waals surface area contributed by atoms with Gasteiger partial charge in [0.15, 0.2) is 6.23 Å². The van der Waals surface area contributed by atoms with Crippen LogP contribution >= 0.6 is 0 Å². The van der Waals surface area contributed by atoms with Crippen molar-refractivity contribution in [2.45, 2.75) is 25.1 Å². The minimum atomic E-state index is -1.34. The van der Waals surface area contributed by atoms with Crippen molar-refractivity contribution in [1.29, 1.82) is 0 Å². The molecule has 3 amide bonds. The number of nitrogens with zero attached hydrogens (tertiary/aromatic N) is 1. The van der Waals surface area contributed by atoms with Crippen molar-refractivity contribution in [1.82, 2.24) is 10.2 Å². The normalized spacial score (nSPS) is 24.2. The van der Waals surface area contributed by atoms with E-state index in [0.717, 1.165) is 4.90 Å². The lowest BCUT2D eigenvalue weighted by Gasteiger charge is -2.31. The summed E-state index contributed by atoms with van der Waals surface area (Å²) in [6.07, 6.45) is -1.15. The van der Waals surface area contributed by atoms with Crippen molar-refractivity contribution < 1.29 is 29.4 Å². The molecule has 3 N–H and O–H groups in total. The highest BCUT2D eigenvalue weighted by Gasteiger charge is 2.44. The molecule has 0 radical (unpaired) electrons. The molecule has 8 nitrogen and oxygen atoms in total. The topological polar surface area (TPSA) is 124 Å². The van der Waals surface area contributed by atoms with Gasteiger partial charge in [0.1, 0.15) is 6.04 Å². The third-order valence-electron chi connectivity index (χ3n) is 3.85. The number of amides is 3. The van der Waals surface area contributed by atoms with Crippen LogP contribution in [0.25, 0.3) is 0 Å². The summed E-state index contributed by atoms with van der Waals surface area (Å²) >= 11 is 0. The number of imide groups is 1. The average molecular weight is 304 g/mol. The Morgan fingerprint density at radius 2 is 2.00 bits per heavy atom. The minimum Gasteiger partial charge on any atom is -0.478 e. The van der Waals surface area contributed by atoms with Crippen LogP contribution in [-0.2, 0) is 9.59 Å². The third-order valence-corrected chi connectivity index (χ3v) is 3.85. The van der Waals surface area contributed by atoms with Crippen molar-refractivity contribution in [3.8, 4) is 0 Å². The molecule has 0 saturated carbocycles. The van der Waals surface area contributed by atoms with Crippen LogP contribution in [0.5, 0.6) is 0 Å². The Morgan fingerprint density at radius 1 is 1.27 bits per heavy atom. The fourth-order valence-electron chi connectivity index (χ4n) is 2.76. The summed E-state index contributed by atoms with van der Waals surface area (Å²) in [6, 6.07) is 2.86. The van der Waals surface area contributed by atoms with Crippen LogP contribution < -0.4 is 5.32 Å². The van der Waals surface area contributed by atoms with Gasteiger partial charge in [0.05, 0.1) is 5.56 Å². The minimum absolute atomic E-state index is 0.0529. The molecular formula is C14H12N2O6. The maximum Gasteiger partial charge on any atom is 0.335 e. The molecule has 1 aromatic carbocycles. The van der Waals surface area contributed by atoms with E-state index >= 15 is 0 Å². The number of rotatable bonds is 2. The van der Waals surface area contributed by atoms with Gasteiger partial charge in [-0.2, -0.15) is 0 Å². The number of aliphatic hydroxyl groups is 1. The van der Waals surface area contributed by atoms with Gasteiger partial charge in [0, 0.05) is 17.5 Å². The smallest absolute Gasteiger partial charge is 0.335 e. The van der Waals surface area contributed by atoms with Crippen LogP contribution in [0.3, 0.4) is 0 Å². The van der Waals surface area contributed by atoms with Gasteiger partial charge in [-0.05, 0) is 18.6 Å². The lowest BCUT2D eigenvalue weighted by molar-refractivity contribution is -0.139. The molecule has 2 atom stereocenters. The highest BCUT2D eigenvalue weighted by atomic mass is 16.4. The number of aromatic carboxylic acids is 1. The maximum atomic E-state index is 12.4. The zero-order chi connectivity index (χ0) is 16.0. The quantitative estimate of drug-likeness (QED) is 0.641. The number of hydrogen-bond acceptors (Lipinski definition) is 5. The van der Waals surface area contributed by atoms with E-state index in [4.69, 9.17) is 5.11 Å². The molecule has 114 valence electrons. The van der Waals surface area contributed by atoms with E-state index in [1.165, 1.54) is 18.2 Å².